The van der Waals surface area contributed by atoms with E-state index in [4.69, 9.17) is 27.9 Å². The number of phenolic OH excluding ortho intramolecular Hbond substituents is 1. The van der Waals surface area contributed by atoms with Crippen molar-refractivity contribution in [2.24, 2.45) is 0 Å². The van der Waals surface area contributed by atoms with Crippen molar-refractivity contribution in [2.75, 3.05) is 43.0 Å². The predicted octanol–water partition coefficient (Wildman–Crippen LogP) is 5.95. The highest BCUT2D eigenvalue weighted by Gasteiger charge is 2.39. The highest BCUT2D eigenvalue weighted by atomic mass is 35.5. The number of piperazine rings is 1. The van der Waals surface area contributed by atoms with Crippen molar-refractivity contribution in [3.05, 3.63) is 118 Å². The van der Waals surface area contributed by atoms with Gasteiger partial charge in [0, 0.05) is 84.6 Å². The Bertz CT molecular complexity index is 2690. The van der Waals surface area contributed by atoms with Crippen molar-refractivity contribution in [1.82, 2.24) is 30.4 Å². The van der Waals surface area contributed by atoms with Crippen LogP contribution in [0.4, 0.5) is 25.1 Å². The van der Waals surface area contributed by atoms with Crippen LogP contribution in [-0.4, -0.2) is 93.4 Å². The number of hydrogen-bond acceptors (Lipinski definition) is 10. The second kappa shape index (κ2) is 17.3. The lowest BCUT2D eigenvalue weighted by molar-refractivity contribution is -0.137. The highest BCUT2D eigenvalue weighted by Crippen LogP contribution is 2.42. The molecule has 318 valence electrons. The third-order valence-electron chi connectivity index (χ3n) is 10.8. The number of hydrogen-bond donors (Lipinski definition) is 4. The highest BCUT2D eigenvalue weighted by molar-refractivity contribution is 6.34. The largest absolute Gasteiger partial charge is 0.507 e. The van der Waals surface area contributed by atoms with Crippen LogP contribution in [0.2, 0.25) is 10.0 Å². The Kier molecular flexibility index (Phi) is 11.7. The van der Waals surface area contributed by atoms with Crippen molar-refractivity contribution in [1.29, 1.82) is 0 Å². The third-order valence-corrected chi connectivity index (χ3v) is 11.3. The van der Waals surface area contributed by atoms with E-state index in [0.29, 0.717) is 35.7 Å². The van der Waals surface area contributed by atoms with Gasteiger partial charge in [0.25, 0.3) is 11.8 Å². The van der Waals surface area contributed by atoms with Gasteiger partial charge in [-0.25, -0.2) is 23.5 Å². The SMILES string of the molecule is C=C(COc1cc(Cl)cc(NC(=O)NCc2ccc3c(c2)CN(C2CCC(=O)NC2=O)C3=O)c1)C(=O)N1CCN(c2ncnc3c(F)c(-c4c(O)cccc4F)c(Cl)cc23)CC1. The lowest BCUT2D eigenvalue weighted by Crippen LogP contribution is -2.52. The minimum atomic E-state index is -0.914. The molecule has 2 fully saturated rings. The fourth-order valence-electron chi connectivity index (χ4n) is 7.75. The normalized spacial score (nSPS) is 16.3. The van der Waals surface area contributed by atoms with E-state index in [1.165, 1.54) is 47.6 Å². The molecule has 0 bridgehead atoms. The van der Waals surface area contributed by atoms with Gasteiger partial charge in [0.05, 0.1) is 10.6 Å². The van der Waals surface area contributed by atoms with Gasteiger partial charge < -0.3 is 35.2 Å². The number of urea groups is 1. The number of ether oxygens (including phenoxy) is 1. The Morgan fingerprint density at radius 3 is 2.53 bits per heavy atom. The number of halogens is 4. The molecule has 1 atom stereocenters. The van der Waals surface area contributed by atoms with Gasteiger partial charge in [-0.05, 0) is 53.9 Å². The fraction of sp³-hybridized carbons (Fsp3) is 0.233. The van der Waals surface area contributed by atoms with E-state index in [2.05, 4.69) is 32.5 Å². The molecule has 3 aliphatic heterocycles. The van der Waals surface area contributed by atoms with Crippen LogP contribution in [0.5, 0.6) is 11.5 Å². The lowest BCUT2D eigenvalue weighted by Gasteiger charge is -2.36. The summed E-state index contributed by atoms with van der Waals surface area (Å²) in [5.41, 5.74) is 1.56. The van der Waals surface area contributed by atoms with Gasteiger partial charge in [0.1, 0.15) is 47.6 Å². The summed E-state index contributed by atoms with van der Waals surface area (Å²) in [5.74, 6) is -3.09. The zero-order valence-corrected chi connectivity index (χ0v) is 34.2. The Morgan fingerprint density at radius 1 is 0.984 bits per heavy atom. The first kappa shape index (κ1) is 41.9. The first-order valence-corrected chi connectivity index (χ1v) is 20.1. The molecule has 62 heavy (non-hydrogen) atoms. The van der Waals surface area contributed by atoms with E-state index in [9.17, 15) is 33.5 Å². The van der Waals surface area contributed by atoms with Crippen LogP contribution in [0, 0.1) is 11.6 Å². The number of nitrogens with one attached hydrogen (secondary N) is 3. The molecule has 19 heteroatoms. The second-order valence-corrected chi connectivity index (χ2v) is 15.7. The van der Waals surface area contributed by atoms with Crippen molar-refractivity contribution >= 4 is 75.3 Å². The van der Waals surface area contributed by atoms with Gasteiger partial charge >= 0.3 is 6.03 Å². The molecular formula is C43H36Cl2F2N8O7. The maximum Gasteiger partial charge on any atom is 0.319 e. The number of amides is 6. The molecule has 2 saturated heterocycles. The first-order valence-electron chi connectivity index (χ1n) is 19.3. The first-order chi connectivity index (χ1) is 29.7. The zero-order valence-electron chi connectivity index (χ0n) is 32.6. The molecule has 1 unspecified atom stereocenters. The summed E-state index contributed by atoms with van der Waals surface area (Å²) in [4.78, 5) is 76.6. The predicted molar refractivity (Wildman–Crippen MR) is 225 cm³/mol. The number of aromatic hydroxyl groups is 1. The van der Waals surface area contributed by atoms with Crippen molar-refractivity contribution in [3.63, 3.8) is 0 Å². The summed E-state index contributed by atoms with van der Waals surface area (Å²) in [5, 5.41) is 18.4. The molecule has 1 aromatic heterocycles. The molecule has 0 radical (unpaired) electrons. The average Bonchev–Trinajstić information content (AvgIpc) is 3.57. The Morgan fingerprint density at radius 2 is 1.77 bits per heavy atom. The van der Waals surface area contributed by atoms with Crippen LogP contribution in [-0.2, 0) is 27.5 Å². The van der Waals surface area contributed by atoms with Crippen molar-refractivity contribution in [3.8, 4) is 22.6 Å². The van der Waals surface area contributed by atoms with Crippen LogP contribution in [0.3, 0.4) is 0 Å². The van der Waals surface area contributed by atoms with E-state index in [0.717, 1.165) is 11.6 Å². The standard InChI is InChI=1S/C43H36Cl2F2N8O7/c1-22(41(59)54-11-9-53(10-12-54)39-29-17-30(45)35(37(47)38(29)49-21-50-39)36-31(46)3-2-4-33(36)56)20-62-27-15-25(44)14-26(16-27)51-43(61)48-18-23-5-6-28-24(13-23)19-55(42(28)60)32-7-8-34(57)52-40(32)58/h2-6,13-17,21,32,56H,1,7-12,18-20H2,(H2,48,51,61)(H,52,57,58). The molecule has 6 amide bonds. The van der Waals surface area contributed by atoms with Crippen molar-refractivity contribution < 1.29 is 42.6 Å². The number of nitrogens with zero attached hydrogens (tertiary/aromatic N) is 5. The van der Waals surface area contributed by atoms with Crippen LogP contribution in [0.15, 0.2) is 79.1 Å². The van der Waals surface area contributed by atoms with Crippen LogP contribution in [0.25, 0.3) is 22.0 Å². The molecule has 15 nitrogen and oxygen atoms in total. The lowest BCUT2D eigenvalue weighted by atomic mass is 10.0. The van der Waals surface area contributed by atoms with E-state index in [1.807, 2.05) is 4.90 Å². The van der Waals surface area contributed by atoms with E-state index < -0.39 is 35.4 Å². The number of carbonyl (C=O) groups is 5. The Hall–Kier alpha value is -6.85. The quantitative estimate of drug-likeness (QED) is 0.0965. The van der Waals surface area contributed by atoms with Crippen LogP contribution >= 0.6 is 23.2 Å². The molecule has 0 saturated carbocycles. The summed E-state index contributed by atoms with van der Waals surface area (Å²) in [6.45, 7) is 5.25. The fourth-order valence-corrected chi connectivity index (χ4v) is 8.26. The molecule has 4 heterocycles. The third kappa shape index (κ3) is 8.40. The van der Waals surface area contributed by atoms with Gasteiger partial charge in [-0.3, -0.25) is 24.5 Å². The van der Waals surface area contributed by atoms with Gasteiger partial charge in [-0.1, -0.05) is 48.0 Å². The summed E-state index contributed by atoms with van der Waals surface area (Å²) in [6.07, 6.45) is 1.59. The number of piperidine rings is 1. The van der Waals surface area contributed by atoms with Gasteiger partial charge in [-0.2, -0.15) is 0 Å². The smallest absolute Gasteiger partial charge is 0.319 e. The molecular weight excluding hydrogens is 849 g/mol. The topological polar surface area (TPSA) is 186 Å². The summed E-state index contributed by atoms with van der Waals surface area (Å²) in [6, 6.07) is 13.5. The maximum absolute atomic E-state index is 15.9. The van der Waals surface area contributed by atoms with E-state index in [1.54, 1.807) is 23.1 Å². The minimum Gasteiger partial charge on any atom is -0.507 e. The summed E-state index contributed by atoms with van der Waals surface area (Å²) >= 11 is 12.8. The van der Waals surface area contributed by atoms with E-state index >= 15 is 4.39 Å². The number of aromatic nitrogens is 2. The summed E-state index contributed by atoms with van der Waals surface area (Å²) < 4.78 is 36.4. The molecule has 3 aliphatic rings. The van der Waals surface area contributed by atoms with Crippen molar-refractivity contribution in [2.45, 2.75) is 32.0 Å². The molecule has 5 aromatic rings. The Labute approximate surface area is 362 Å². The van der Waals surface area contributed by atoms with Crippen LogP contribution in [0.1, 0.15) is 34.3 Å². The number of fused-ring (bicyclic) bond motifs is 2. The number of phenols is 1. The molecule has 4 aromatic carbocycles. The van der Waals surface area contributed by atoms with E-state index in [-0.39, 0.29) is 107 Å². The van der Waals surface area contributed by atoms with Gasteiger partial charge in [-0.15, -0.1) is 0 Å². The van der Waals surface area contributed by atoms with Gasteiger partial charge in [0.2, 0.25) is 11.8 Å². The monoisotopic (exact) mass is 884 g/mol. The maximum atomic E-state index is 15.9. The minimum absolute atomic E-state index is 0.112. The second-order valence-electron chi connectivity index (χ2n) is 14.8. The molecule has 0 spiro atoms. The van der Waals surface area contributed by atoms with Crippen LogP contribution < -0.4 is 25.6 Å². The Balaban J connectivity index is 0.832. The molecule has 0 aliphatic carbocycles. The molecule has 8 rings (SSSR count). The summed E-state index contributed by atoms with van der Waals surface area (Å²) in [7, 11) is 0. The number of rotatable bonds is 10. The number of anilines is 2. The van der Waals surface area contributed by atoms with Gasteiger partial charge in [0.15, 0.2) is 5.82 Å². The number of imide groups is 1. The number of carbonyl (C=O) groups excluding carboxylic acids is 5. The average molecular weight is 886 g/mol. The number of benzene rings is 4. The zero-order chi connectivity index (χ0) is 43.8. The molecule has 4 N–H and O–H groups in total.